The highest BCUT2D eigenvalue weighted by molar-refractivity contribution is 7.12. The van der Waals surface area contributed by atoms with Gasteiger partial charge in [-0.3, -0.25) is 4.98 Å². The van der Waals surface area contributed by atoms with Gasteiger partial charge in [-0.05, 0) is 29.1 Å². The van der Waals surface area contributed by atoms with Crippen molar-refractivity contribution in [1.29, 1.82) is 0 Å². The summed E-state index contributed by atoms with van der Waals surface area (Å²) in [5.41, 5.74) is 1.21. The van der Waals surface area contributed by atoms with E-state index in [4.69, 9.17) is 5.11 Å². The number of hydrogen-bond donors (Lipinski definition) is 3. The zero-order valence-electron chi connectivity index (χ0n) is 9.79. The smallest absolute Gasteiger partial charge is 0.348 e. The zero-order chi connectivity index (χ0) is 13.7. The van der Waals surface area contributed by atoms with Crippen molar-refractivity contribution in [3.05, 3.63) is 46.4 Å². The summed E-state index contributed by atoms with van der Waals surface area (Å²) in [5, 5.41) is 15.7. The Morgan fingerprint density at radius 3 is 2.68 bits per heavy atom. The van der Waals surface area contributed by atoms with Crippen molar-refractivity contribution in [2.24, 2.45) is 0 Å². The second kappa shape index (κ2) is 5.96. The predicted molar refractivity (Wildman–Crippen MR) is 71.4 cm³/mol. The molecule has 98 valence electrons. The van der Waals surface area contributed by atoms with Crippen molar-refractivity contribution in [3.8, 4) is 0 Å². The fourth-order valence-electron chi connectivity index (χ4n) is 1.42. The van der Waals surface area contributed by atoms with E-state index in [0.29, 0.717) is 12.2 Å². The molecule has 0 saturated carbocycles. The van der Waals surface area contributed by atoms with Gasteiger partial charge in [0.25, 0.3) is 0 Å². The average molecular weight is 277 g/mol. The van der Waals surface area contributed by atoms with Gasteiger partial charge in [0.05, 0.1) is 5.69 Å². The van der Waals surface area contributed by atoms with Crippen molar-refractivity contribution in [2.45, 2.75) is 6.54 Å². The summed E-state index contributed by atoms with van der Waals surface area (Å²) in [4.78, 5) is 26.5. The molecule has 2 heterocycles. The van der Waals surface area contributed by atoms with E-state index in [0.717, 1.165) is 16.9 Å². The van der Waals surface area contributed by atoms with Gasteiger partial charge >= 0.3 is 12.0 Å². The molecule has 0 aliphatic carbocycles. The summed E-state index contributed by atoms with van der Waals surface area (Å²) >= 11 is 1.06. The number of carboxylic acids is 1. The Hall–Kier alpha value is -2.41. The Labute approximate surface area is 113 Å². The van der Waals surface area contributed by atoms with Gasteiger partial charge in [0.1, 0.15) is 4.88 Å². The molecule has 0 aliphatic rings. The summed E-state index contributed by atoms with van der Waals surface area (Å²) in [7, 11) is 0. The highest BCUT2D eigenvalue weighted by atomic mass is 32.1. The van der Waals surface area contributed by atoms with Crippen LogP contribution in [-0.2, 0) is 6.54 Å². The molecule has 0 aromatic carbocycles. The van der Waals surface area contributed by atoms with Crippen LogP contribution in [0.5, 0.6) is 0 Å². The molecule has 0 radical (unpaired) electrons. The largest absolute Gasteiger partial charge is 0.477 e. The van der Waals surface area contributed by atoms with Crippen LogP contribution in [0, 0.1) is 0 Å². The molecule has 0 spiro atoms. The molecule has 0 fully saturated rings. The Kier molecular flexibility index (Phi) is 4.09. The number of rotatable bonds is 4. The molecule has 19 heavy (non-hydrogen) atoms. The molecule has 0 atom stereocenters. The standard InChI is InChI=1S/C12H11N3O3S/c16-11(17)10-9(3-6-19-10)15-12(18)14-7-8-1-4-13-5-2-8/h1-6H,7H2,(H,16,17)(H2,14,15,18). The van der Waals surface area contributed by atoms with E-state index in [1.807, 2.05) is 0 Å². The third kappa shape index (κ3) is 3.52. The van der Waals surface area contributed by atoms with E-state index < -0.39 is 12.0 Å². The zero-order valence-corrected chi connectivity index (χ0v) is 10.6. The van der Waals surface area contributed by atoms with Gasteiger partial charge in [0, 0.05) is 18.9 Å². The molecule has 0 unspecified atom stereocenters. The molecule has 2 amide bonds. The summed E-state index contributed by atoms with van der Waals surface area (Å²) in [6.07, 6.45) is 3.27. The molecular weight excluding hydrogens is 266 g/mol. The molecule has 2 aromatic heterocycles. The molecule has 0 saturated heterocycles. The van der Waals surface area contributed by atoms with Gasteiger partial charge in [-0.15, -0.1) is 11.3 Å². The third-order valence-electron chi connectivity index (χ3n) is 2.31. The topological polar surface area (TPSA) is 91.3 Å². The average Bonchev–Trinajstić information content (AvgIpc) is 2.86. The first-order chi connectivity index (χ1) is 9.16. The van der Waals surface area contributed by atoms with Crippen LogP contribution in [0.2, 0.25) is 0 Å². The van der Waals surface area contributed by atoms with Crippen molar-refractivity contribution in [1.82, 2.24) is 10.3 Å². The van der Waals surface area contributed by atoms with E-state index >= 15 is 0 Å². The van der Waals surface area contributed by atoms with Crippen molar-refractivity contribution < 1.29 is 14.7 Å². The fraction of sp³-hybridized carbons (Fsp3) is 0.0833. The van der Waals surface area contributed by atoms with Crippen LogP contribution in [0.25, 0.3) is 0 Å². The lowest BCUT2D eigenvalue weighted by atomic mass is 10.3. The van der Waals surface area contributed by atoms with Gasteiger partial charge in [0.2, 0.25) is 0 Å². The molecule has 2 aromatic rings. The van der Waals surface area contributed by atoms with E-state index in [1.54, 1.807) is 36.0 Å². The van der Waals surface area contributed by atoms with Gasteiger partial charge in [-0.1, -0.05) is 0 Å². The number of nitrogens with one attached hydrogen (secondary N) is 2. The SMILES string of the molecule is O=C(NCc1ccncc1)Nc1ccsc1C(=O)O. The van der Waals surface area contributed by atoms with Crippen molar-refractivity contribution >= 4 is 29.0 Å². The third-order valence-corrected chi connectivity index (χ3v) is 3.21. The molecule has 0 aliphatic heterocycles. The van der Waals surface area contributed by atoms with Gasteiger partial charge in [0.15, 0.2) is 0 Å². The minimum absolute atomic E-state index is 0.110. The second-order valence-electron chi connectivity index (χ2n) is 3.63. The quantitative estimate of drug-likeness (QED) is 0.798. The van der Waals surface area contributed by atoms with E-state index in [-0.39, 0.29) is 4.88 Å². The van der Waals surface area contributed by atoms with Crippen LogP contribution in [0.15, 0.2) is 36.0 Å². The number of amides is 2. The van der Waals surface area contributed by atoms with E-state index in [9.17, 15) is 9.59 Å². The first-order valence-electron chi connectivity index (χ1n) is 5.41. The number of aromatic nitrogens is 1. The van der Waals surface area contributed by atoms with Crippen LogP contribution in [0.3, 0.4) is 0 Å². The maximum Gasteiger partial charge on any atom is 0.348 e. The number of thiophene rings is 1. The number of aromatic carboxylic acids is 1. The van der Waals surface area contributed by atoms with Gasteiger partial charge in [-0.25, -0.2) is 9.59 Å². The lowest BCUT2D eigenvalue weighted by Crippen LogP contribution is -2.28. The number of carbonyl (C=O) groups is 2. The van der Waals surface area contributed by atoms with Crippen molar-refractivity contribution in [3.63, 3.8) is 0 Å². The fourth-order valence-corrected chi connectivity index (χ4v) is 2.11. The first kappa shape index (κ1) is 13.0. The lowest BCUT2D eigenvalue weighted by Gasteiger charge is -2.07. The number of nitrogens with zero attached hydrogens (tertiary/aromatic N) is 1. The molecular formula is C12H11N3O3S. The summed E-state index contributed by atoms with van der Waals surface area (Å²) in [6, 6.07) is 4.68. The Morgan fingerprint density at radius 2 is 2.00 bits per heavy atom. The number of hydrogen-bond acceptors (Lipinski definition) is 4. The maximum atomic E-state index is 11.6. The van der Waals surface area contributed by atoms with E-state index in [1.165, 1.54) is 0 Å². The molecule has 6 nitrogen and oxygen atoms in total. The summed E-state index contributed by atoms with van der Waals surface area (Å²) in [6.45, 7) is 0.348. The Balaban J connectivity index is 1.91. The highest BCUT2D eigenvalue weighted by Crippen LogP contribution is 2.21. The molecule has 3 N–H and O–H groups in total. The van der Waals surface area contributed by atoms with Crippen LogP contribution < -0.4 is 10.6 Å². The van der Waals surface area contributed by atoms with Crippen LogP contribution >= 0.6 is 11.3 Å². The Morgan fingerprint density at radius 1 is 1.26 bits per heavy atom. The van der Waals surface area contributed by atoms with Crippen LogP contribution in [0.1, 0.15) is 15.2 Å². The number of pyridine rings is 1. The number of carbonyl (C=O) groups excluding carboxylic acids is 1. The van der Waals surface area contributed by atoms with Crippen LogP contribution in [0.4, 0.5) is 10.5 Å². The van der Waals surface area contributed by atoms with Crippen LogP contribution in [-0.4, -0.2) is 22.1 Å². The summed E-state index contributed by atoms with van der Waals surface area (Å²) < 4.78 is 0. The normalized spacial score (nSPS) is 9.89. The monoisotopic (exact) mass is 277 g/mol. The minimum Gasteiger partial charge on any atom is -0.477 e. The first-order valence-corrected chi connectivity index (χ1v) is 6.29. The highest BCUT2D eigenvalue weighted by Gasteiger charge is 2.13. The minimum atomic E-state index is -1.06. The van der Waals surface area contributed by atoms with Gasteiger partial charge in [-0.2, -0.15) is 0 Å². The lowest BCUT2D eigenvalue weighted by molar-refractivity contribution is 0.0703. The molecule has 7 heteroatoms. The Bertz CT molecular complexity index is 583. The molecule has 2 rings (SSSR count). The van der Waals surface area contributed by atoms with Gasteiger partial charge < -0.3 is 15.7 Å². The van der Waals surface area contributed by atoms with E-state index in [2.05, 4.69) is 15.6 Å². The number of carboxylic acid groups (broad SMARTS) is 1. The number of anilines is 1. The predicted octanol–water partition coefficient (Wildman–Crippen LogP) is 2.16. The number of urea groups is 1. The summed E-state index contributed by atoms with van der Waals surface area (Å²) in [5.74, 6) is -1.06. The molecule has 0 bridgehead atoms. The maximum absolute atomic E-state index is 11.6. The van der Waals surface area contributed by atoms with Crippen molar-refractivity contribution in [2.75, 3.05) is 5.32 Å². The second-order valence-corrected chi connectivity index (χ2v) is 4.55.